The van der Waals surface area contributed by atoms with Crippen LogP contribution in [0.25, 0.3) is 0 Å². The van der Waals surface area contributed by atoms with Crippen molar-refractivity contribution in [3.63, 3.8) is 0 Å². The maximum Gasteiger partial charge on any atom is 0.312 e. The summed E-state index contributed by atoms with van der Waals surface area (Å²) in [5.74, 6) is 1.19. The largest absolute Gasteiger partial charge is 0.466 e. The van der Waals surface area contributed by atoms with Gasteiger partial charge in [0.25, 0.3) is 0 Å². The van der Waals surface area contributed by atoms with Crippen LogP contribution in [-0.4, -0.2) is 28.9 Å². The quantitative estimate of drug-likeness (QED) is 0.842. The van der Waals surface area contributed by atoms with Crippen LogP contribution in [-0.2, 0) is 9.53 Å². The Labute approximate surface area is 120 Å². The first-order valence-electron chi connectivity index (χ1n) is 7.62. The lowest BCUT2D eigenvalue weighted by molar-refractivity contribution is -0.149. The Morgan fingerprint density at radius 2 is 2.20 bits per heavy atom. The summed E-state index contributed by atoms with van der Waals surface area (Å²) >= 11 is 0. The fourth-order valence-electron chi connectivity index (χ4n) is 2.85. The van der Waals surface area contributed by atoms with E-state index in [0.29, 0.717) is 19.1 Å². The molecule has 1 aromatic heterocycles. The Kier molecular flexibility index (Phi) is 4.68. The van der Waals surface area contributed by atoms with Crippen molar-refractivity contribution in [2.75, 3.05) is 18.5 Å². The molecule has 0 aromatic carbocycles. The number of nitrogens with one attached hydrogen (secondary N) is 1. The van der Waals surface area contributed by atoms with Crippen LogP contribution in [0.3, 0.4) is 0 Å². The molecular weight excluding hydrogens is 254 g/mol. The zero-order valence-electron chi connectivity index (χ0n) is 12.8. The number of hydrogen-bond acceptors (Lipinski definition) is 4. The minimum atomic E-state index is -0.170. The van der Waals surface area contributed by atoms with E-state index in [1.54, 1.807) is 0 Å². The van der Waals surface area contributed by atoms with Gasteiger partial charge in [-0.3, -0.25) is 4.79 Å². The molecule has 112 valence electrons. The van der Waals surface area contributed by atoms with Gasteiger partial charge in [0.2, 0.25) is 0 Å². The molecule has 1 N–H and O–H groups in total. The van der Waals surface area contributed by atoms with Gasteiger partial charge in [0.05, 0.1) is 24.3 Å². The molecule has 0 saturated carbocycles. The van der Waals surface area contributed by atoms with Crippen molar-refractivity contribution in [2.45, 2.75) is 52.5 Å². The third kappa shape index (κ3) is 2.67. The first-order chi connectivity index (χ1) is 9.62. The summed E-state index contributed by atoms with van der Waals surface area (Å²) in [6.45, 7) is 9.29. The molecule has 0 fully saturated rings. The summed E-state index contributed by atoms with van der Waals surface area (Å²) in [6, 6.07) is 2.16. The van der Waals surface area contributed by atoms with E-state index in [4.69, 9.17) is 9.84 Å². The van der Waals surface area contributed by atoms with Crippen molar-refractivity contribution in [1.29, 1.82) is 0 Å². The lowest BCUT2D eigenvalue weighted by Crippen LogP contribution is -2.37. The molecule has 2 unspecified atom stereocenters. The normalized spacial score (nSPS) is 21.4. The van der Waals surface area contributed by atoms with Crippen LogP contribution in [0.2, 0.25) is 0 Å². The van der Waals surface area contributed by atoms with Crippen molar-refractivity contribution in [2.24, 2.45) is 5.92 Å². The first-order valence-corrected chi connectivity index (χ1v) is 7.62. The Morgan fingerprint density at radius 1 is 1.50 bits per heavy atom. The molecular formula is C15H25N3O2. The molecule has 1 aliphatic heterocycles. The van der Waals surface area contributed by atoms with Gasteiger partial charge in [-0.15, -0.1) is 0 Å². The van der Waals surface area contributed by atoms with Crippen LogP contribution in [0.5, 0.6) is 0 Å². The fourth-order valence-corrected chi connectivity index (χ4v) is 2.85. The number of nitrogens with zero attached hydrogens (tertiary/aromatic N) is 2. The zero-order chi connectivity index (χ0) is 14.7. The van der Waals surface area contributed by atoms with Crippen molar-refractivity contribution >= 4 is 11.8 Å². The monoisotopic (exact) mass is 279 g/mol. The van der Waals surface area contributed by atoms with Crippen LogP contribution < -0.4 is 5.32 Å². The van der Waals surface area contributed by atoms with Gasteiger partial charge in [-0.1, -0.05) is 13.8 Å². The molecule has 1 aliphatic rings. The average Bonchev–Trinajstić information content (AvgIpc) is 2.85. The Bertz CT molecular complexity index is 466. The number of carbonyl (C=O) groups excluding carboxylic acids is 1. The molecule has 5 nitrogen and oxygen atoms in total. The number of ether oxygens (including phenoxy) is 1. The van der Waals surface area contributed by atoms with Crippen molar-refractivity contribution in [1.82, 2.24) is 9.78 Å². The number of esters is 1. The smallest absolute Gasteiger partial charge is 0.312 e. The summed E-state index contributed by atoms with van der Waals surface area (Å²) < 4.78 is 7.09. The second-order valence-electron chi connectivity index (χ2n) is 5.39. The van der Waals surface area contributed by atoms with E-state index in [1.165, 1.54) is 0 Å². The van der Waals surface area contributed by atoms with Crippen LogP contribution >= 0.6 is 0 Å². The van der Waals surface area contributed by atoms with E-state index in [9.17, 15) is 4.79 Å². The molecule has 5 heteroatoms. The van der Waals surface area contributed by atoms with E-state index < -0.39 is 0 Å². The molecule has 0 spiro atoms. The number of hydrogen-bond donors (Lipinski definition) is 1. The highest BCUT2D eigenvalue weighted by atomic mass is 16.5. The third-order valence-electron chi connectivity index (χ3n) is 4.22. The van der Waals surface area contributed by atoms with E-state index in [1.807, 2.05) is 18.5 Å². The maximum absolute atomic E-state index is 12.0. The Morgan fingerprint density at radius 3 is 2.80 bits per heavy atom. The van der Waals surface area contributed by atoms with Crippen molar-refractivity contribution < 1.29 is 9.53 Å². The van der Waals surface area contributed by atoms with Crippen LogP contribution in [0.4, 0.5) is 5.82 Å². The van der Waals surface area contributed by atoms with E-state index in [0.717, 1.165) is 24.4 Å². The highest BCUT2D eigenvalue weighted by molar-refractivity contribution is 5.74. The van der Waals surface area contributed by atoms with E-state index in [-0.39, 0.29) is 17.9 Å². The highest BCUT2D eigenvalue weighted by Gasteiger charge is 2.34. The third-order valence-corrected chi connectivity index (χ3v) is 4.22. The summed E-state index contributed by atoms with van der Waals surface area (Å²) in [5, 5.41) is 8.02. The predicted octanol–water partition coefficient (Wildman–Crippen LogP) is 2.95. The molecule has 0 saturated heterocycles. The Balaban J connectivity index is 2.21. The van der Waals surface area contributed by atoms with E-state index >= 15 is 0 Å². The summed E-state index contributed by atoms with van der Waals surface area (Å²) in [7, 11) is 0. The van der Waals surface area contributed by atoms with Gasteiger partial charge in [0.1, 0.15) is 5.82 Å². The number of rotatable bonds is 5. The van der Waals surface area contributed by atoms with Crippen LogP contribution in [0, 0.1) is 5.92 Å². The summed E-state index contributed by atoms with van der Waals surface area (Å²) in [5.41, 5.74) is 1.12. The molecule has 2 atom stereocenters. The van der Waals surface area contributed by atoms with Crippen LogP contribution in [0.15, 0.2) is 6.07 Å². The zero-order valence-corrected chi connectivity index (χ0v) is 12.8. The second-order valence-corrected chi connectivity index (χ2v) is 5.39. The molecule has 0 bridgehead atoms. The lowest BCUT2D eigenvalue weighted by atomic mass is 9.99. The molecule has 1 aromatic rings. The van der Waals surface area contributed by atoms with Crippen LogP contribution in [0.1, 0.15) is 58.2 Å². The molecule has 2 heterocycles. The number of carbonyl (C=O) groups is 1. The summed E-state index contributed by atoms with van der Waals surface area (Å²) in [6.07, 6.45) is 2.17. The average molecular weight is 279 g/mol. The molecule has 20 heavy (non-hydrogen) atoms. The van der Waals surface area contributed by atoms with Crippen molar-refractivity contribution in [3.8, 4) is 0 Å². The lowest BCUT2D eigenvalue weighted by Gasteiger charge is -2.29. The molecule has 0 amide bonds. The number of aromatic nitrogens is 2. The van der Waals surface area contributed by atoms with Gasteiger partial charge in [-0.05, 0) is 26.7 Å². The van der Waals surface area contributed by atoms with Gasteiger partial charge in [0, 0.05) is 18.5 Å². The molecule has 0 radical (unpaired) electrons. The first kappa shape index (κ1) is 14.9. The maximum atomic E-state index is 12.0. The fraction of sp³-hybridized carbons (Fsp3) is 0.733. The predicted molar refractivity (Wildman–Crippen MR) is 78.9 cm³/mol. The SMILES string of the molecule is CCOC(=O)C1CNc2cc(C(CC)CC)nn2C1C. The van der Waals surface area contributed by atoms with Gasteiger partial charge in [0.15, 0.2) is 0 Å². The number of anilines is 1. The molecule has 2 rings (SSSR count). The minimum absolute atomic E-state index is 0.0356. The molecule has 0 aliphatic carbocycles. The highest BCUT2D eigenvalue weighted by Crippen LogP contribution is 2.32. The van der Waals surface area contributed by atoms with Gasteiger partial charge >= 0.3 is 5.97 Å². The van der Waals surface area contributed by atoms with E-state index in [2.05, 4.69) is 25.2 Å². The summed E-state index contributed by atoms with van der Waals surface area (Å²) in [4.78, 5) is 12.0. The Hall–Kier alpha value is -1.52. The number of fused-ring (bicyclic) bond motifs is 1. The van der Waals surface area contributed by atoms with Gasteiger partial charge in [-0.25, -0.2) is 4.68 Å². The van der Waals surface area contributed by atoms with Gasteiger partial charge in [-0.2, -0.15) is 5.10 Å². The topological polar surface area (TPSA) is 56.1 Å². The van der Waals surface area contributed by atoms with Crippen molar-refractivity contribution in [3.05, 3.63) is 11.8 Å². The minimum Gasteiger partial charge on any atom is -0.466 e. The van der Waals surface area contributed by atoms with Gasteiger partial charge < -0.3 is 10.1 Å². The second kappa shape index (κ2) is 6.29. The standard InChI is InChI=1S/C15H25N3O2/c1-5-11(6-2)13-8-14-16-9-12(15(19)20-7-3)10(4)18(14)17-13/h8,10-12,16H,5-7,9H2,1-4H3.